The highest BCUT2D eigenvalue weighted by Gasteiger charge is 2.04. The van der Waals surface area contributed by atoms with Gasteiger partial charge in [0.2, 0.25) is 0 Å². The maximum atomic E-state index is 5.64. The van der Waals surface area contributed by atoms with E-state index in [1.165, 1.54) is 12.8 Å². The lowest BCUT2D eigenvalue weighted by Gasteiger charge is -2.11. The molecule has 0 heterocycles. The SMILES string of the molecule is CCCCCOCOC(CCl)CI. The zero-order valence-corrected chi connectivity index (χ0v) is 11.0. The smallest absolute Gasteiger partial charge is 0.147 e. The predicted molar refractivity (Wildman–Crippen MR) is 64.8 cm³/mol. The van der Waals surface area contributed by atoms with Gasteiger partial charge < -0.3 is 9.47 Å². The van der Waals surface area contributed by atoms with Crippen LogP contribution in [-0.4, -0.2) is 29.8 Å². The topological polar surface area (TPSA) is 18.5 Å². The third-order valence-electron chi connectivity index (χ3n) is 1.62. The first kappa shape index (κ1) is 13.9. The first-order valence-electron chi connectivity index (χ1n) is 4.66. The number of alkyl halides is 2. The highest BCUT2D eigenvalue weighted by molar-refractivity contribution is 14.1. The third-order valence-corrected chi connectivity index (χ3v) is 2.95. The van der Waals surface area contributed by atoms with Gasteiger partial charge in [-0.05, 0) is 6.42 Å². The predicted octanol–water partition coefficient (Wildman–Crippen LogP) is 3.21. The Kier molecular flexibility index (Phi) is 11.8. The Morgan fingerprint density at radius 3 is 2.69 bits per heavy atom. The number of hydrogen-bond donors (Lipinski definition) is 0. The lowest BCUT2D eigenvalue weighted by Crippen LogP contribution is -2.18. The van der Waals surface area contributed by atoms with Gasteiger partial charge in [-0.2, -0.15) is 0 Å². The highest BCUT2D eigenvalue weighted by Crippen LogP contribution is 2.01. The zero-order chi connectivity index (χ0) is 9.94. The van der Waals surface area contributed by atoms with Crippen LogP contribution >= 0.6 is 34.2 Å². The van der Waals surface area contributed by atoms with Crippen molar-refractivity contribution in [2.24, 2.45) is 0 Å². The van der Waals surface area contributed by atoms with Crippen molar-refractivity contribution in [2.75, 3.05) is 23.7 Å². The minimum atomic E-state index is 0.133. The average Bonchev–Trinajstić information content (AvgIpc) is 2.17. The summed E-state index contributed by atoms with van der Waals surface area (Å²) in [7, 11) is 0. The standard InChI is InChI=1S/C9H18ClIO2/c1-2-3-4-5-12-8-13-9(6-10)7-11/h9H,2-8H2,1H3. The fourth-order valence-corrected chi connectivity index (χ4v) is 1.92. The summed E-state index contributed by atoms with van der Waals surface area (Å²) >= 11 is 7.90. The van der Waals surface area contributed by atoms with Crippen LogP contribution in [0.4, 0.5) is 0 Å². The van der Waals surface area contributed by atoms with Gasteiger partial charge in [0.15, 0.2) is 0 Å². The molecule has 0 saturated heterocycles. The zero-order valence-electron chi connectivity index (χ0n) is 8.10. The maximum Gasteiger partial charge on any atom is 0.147 e. The molecule has 0 aromatic carbocycles. The second kappa shape index (κ2) is 11.0. The van der Waals surface area contributed by atoms with Crippen molar-refractivity contribution in [1.29, 1.82) is 0 Å². The van der Waals surface area contributed by atoms with Crippen molar-refractivity contribution in [2.45, 2.75) is 32.3 Å². The molecule has 0 aromatic heterocycles. The molecule has 0 amide bonds. The van der Waals surface area contributed by atoms with E-state index < -0.39 is 0 Å². The summed E-state index contributed by atoms with van der Waals surface area (Å²) in [6.07, 6.45) is 3.71. The lowest BCUT2D eigenvalue weighted by molar-refractivity contribution is -0.0759. The molecule has 0 aliphatic rings. The quantitative estimate of drug-likeness (QED) is 0.281. The molecular weight excluding hydrogens is 302 g/mol. The van der Waals surface area contributed by atoms with Gasteiger partial charge in [-0.15, -0.1) is 11.6 Å². The third kappa shape index (κ3) is 9.25. The number of ether oxygens (including phenoxy) is 2. The molecule has 0 aliphatic carbocycles. The first-order chi connectivity index (χ1) is 6.35. The Labute approximate surface area is 99.5 Å². The van der Waals surface area contributed by atoms with Gasteiger partial charge in [0, 0.05) is 16.9 Å². The normalized spacial score (nSPS) is 13.2. The molecule has 0 fully saturated rings. The van der Waals surface area contributed by atoms with Gasteiger partial charge >= 0.3 is 0 Å². The molecule has 2 nitrogen and oxygen atoms in total. The van der Waals surface area contributed by atoms with Gasteiger partial charge in [-0.25, -0.2) is 0 Å². The lowest BCUT2D eigenvalue weighted by atomic mass is 10.3. The van der Waals surface area contributed by atoms with Gasteiger partial charge in [-0.3, -0.25) is 0 Å². The van der Waals surface area contributed by atoms with Gasteiger partial charge in [0.1, 0.15) is 6.79 Å². The summed E-state index contributed by atoms with van der Waals surface area (Å²) in [6.45, 7) is 3.35. The Balaban J connectivity index is 3.05. The van der Waals surface area contributed by atoms with Gasteiger partial charge in [-0.1, -0.05) is 42.4 Å². The van der Waals surface area contributed by atoms with E-state index in [1.54, 1.807) is 0 Å². The fourth-order valence-electron chi connectivity index (χ4n) is 0.788. The van der Waals surface area contributed by atoms with Crippen molar-refractivity contribution in [1.82, 2.24) is 0 Å². The minimum absolute atomic E-state index is 0.133. The van der Waals surface area contributed by atoms with E-state index in [-0.39, 0.29) is 6.10 Å². The van der Waals surface area contributed by atoms with E-state index >= 15 is 0 Å². The van der Waals surface area contributed by atoms with Crippen molar-refractivity contribution >= 4 is 34.2 Å². The Morgan fingerprint density at radius 1 is 1.38 bits per heavy atom. The largest absolute Gasteiger partial charge is 0.355 e. The molecule has 0 radical (unpaired) electrons. The molecular formula is C9H18ClIO2. The summed E-state index contributed by atoms with van der Waals surface area (Å²) < 4.78 is 11.6. The van der Waals surface area contributed by atoms with E-state index in [0.29, 0.717) is 12.7 Å². The van der Waals surface area contributed by atoms with E-state index in [1.807, 2.05) is 0 Å². The molecule has 80 valence electrons. The van der Waals surface area contributed by atoms with Crippen molar-refractivity contribution < 1.29 is 9.47 Å². The van der Waals surface area contributed by atoms with E-state index in [4.69, 9.17) is 21.1 Å². The van der Waals surface area contributed by atoms with E-state index in [2.05, 4.69) is 29.5 Å². The molecule has 13 heavy (non-hydrogen) atoms. The van der Waals surface area contributed by atoms with Crippen LogP contribution in [0, 0.1) is 0 Å². The van der Waals surface area contributed by atoms with Gasteiger partial charge in [0.25, 0.3) is 0 Å². The minimum Gasteiger partial charge on any atom is -0.355 e. The van der Waals surface area contributed by atoms with Gasteiger partial charge in [0.05, 0.1) is 6.10 Å². The van der Waals surface area contributed by atoms with Crippen LogP contribution in [0.3, 0.4) is 0 Å². The molecule has 0 saturated carbocycles. The molecule has 0 aromatic rings. The Hall–Kier alpha value is 0.940. The maximum absolute atomic E-state index is 5.64. The van der Waals surface area contributed by atoms with Crippen LogP contribution in [0.15, 0.2) is 0 Å². The molecule has 0 rings (SSSR count). The number of unbranched alkanes of at least 4 members (excludes halogenated alkanes) is 2. The molecule has 0 spiro atoms. The Morgan fingerprint density at radius 2 is 2.15 bits per heavy atom. The summed E-state index contributed by atoms with van der Waals surface area (Å²) in [4.78, 5) is 0. The summed E-state index contributed by atoms with van der Waals surface area (Å²) in [5.41, 5.74) is 0. The van der Waals surface area contributed by atoms with Crippen LogP contribution in [0.25, 0.3) is 0 Å². The van der Waals surface area contributed by atoms with E-state index in [9.17, 15) is 0 Å². The number of rotatable bonds is 9. The van der Waals surface area contributed by atoms with Crippen LogP contribution < -0.4 is 0 Å². The first-order valence-corrected chi connectivity index (χ1v) is 6.72. The second-order valence-electron chi connectivity index (χ2n) is 2.83. The number of halogens is 2. The Bertz CT molecular complexity index is 99.6. The monoisotopic (exact) mass is 320 g/mol. The average molecular weight is 321 g/mol. The van der Waals surface area contributed by atoms with E-state index in [0.717, 1.165) is 17.5 Å². The molecule has 0 aliphatic heterocycles. The highest BCUT2D eigenvalue weighted by atomic mass is 127. The van der Waals surface area contributed by atoms with Crippen LogP contribution in [0.1, 0.15) is 26.2 Å². The molecule has 0 N–H and O–H groups in total. The summed E-state index contributed by atoms with van der Waals surface area (Å²) in [5, 5.41) is 0. The molecule has 1 unspecified atom stereocenters. The summed E-state index contributed by atoms with van der Waals surface area (Å²) in [5.74, 6) is 0.543. The fraction of sp³-hybridized carbons (Fsp3) is 1.00. The summed E-state index contributed by atoms with van der Waals surface area (Å²) in [6, 6.07) is 0. The van der Waals surface area contributed by atoms with Crippen molar-refractivity contribution in [3.8, 4) is 0 Å². The molecule has 0 bridgehead atoms. The van der Waals surface area contributed by atoms with Crippen LogP contribution in [0.2, 0.25) is 0 Å². The van der Waals surface area contributed by atoms with Crippen molar-refractivity contribution in [3.63, 3.8) is 0 Å². The number of hydrogen-bond acceptors (Lipinski definition) is 2. The molecule has 1 atom stereocenters. The second-order valence-corrected chi connectivity index (χ2v) is 4.02. The van der Waals surface area contributed by atoms with Crippen LogP contribution in [-0.2, 0) is 9.47 Å². The van der Waals surface area contributed by atoms with Crippen molar-refractivity contribution in [3.05, 3.63) is 0 Å². The molecule has 4 heteroatoms. The van der Waals surface area contributed by atoms with Crippen LogP contribution in [0.5, 0.6) is 0 Å².